The van der Waals surface area contributed by atoms with Gasteiger partial charge in [-0.25, -0.2) is 4.57 Å². The van der Waals surface area contributed by atoms with E-state index in [0.717, 1.165) is 64.2 Å². The predicted molar refractivity (Wildman–Crippen MR) is 199 cm³/mol. The second-order valence-electron chi connectivity index (χ2n) is 13.1. The topological polar surface area (TPSA) is 172 Å². The van der Waals surface area contributed by atoms with Crippen LogP contribution in [-0.2, 0) is 37.5 Å². The minimum Gasteiger partial charge on any atom is -0.480 e. The van der Waals surface area contributed by atoms with Crippen LogP contribution >= 0.6 is 7.82 Å². The van der Waals surface area contributed by atoms with E-state index in [1.54, 1.807) is 0 Å². The number of carboxylic acid groups (broad SMARTS) is 1. The zero-order valence-electron chi connectivity index (χ0n) is 31.2. The lowest BCUT2D eigenvalue weighted by molar-refractivity contribution is -0.161. The number of carboxylic acids is 1. The molecule has 0 fully saturated rings. The molecule has 0 aliphatic rings. The number of phosphoric ester groups is 1. The molecule has 50 heavy (non-hydrogen) atoms. The van der Waals surface area contributed by atoms with Gasteiger partial charge < -0.3 is 25.2 Å². The Balaban J connectivity index is 4.44. The van der Waals surface area contributed by atoms with Crippen LogP contribution in [-0.4, -0.2) is 59.9 Å². The summed E-state index contributed by atoms with van der Waals surface area (Å²) in [6.07, 6.45) is 32.5. The maximum absolute atomic E-state index is 12.5. The Bertz CT molecular complexity index is 958. The van der Waals surface area contributed by atoms with E-state index >= 15 is 0 Å². The average molecular weight is 732 g/mol. The summed E-state index contributed by atoms with van der Waals surface area (Å²) in [6, 6.07) is -1.52. The van der Waals surface area contributed by atoms with E-state index < -0.39 is 51.1 Å². The minimum atomic E-state index is -4.71. The van der Waals surface area contributed by atoms with Gasteiger partial charge in [0.2, 0.25) is 0 Å². The summed E-state index contributed by atoms with van der Waals surface area (Å²) in [5.74, 6) is -2.39. The van der Waals surface area contributed by atoms with Crippen molar-refractivity contribution in [3.8, 4) is 0 Å². The van der Waals surface area contributed by atoms with Crippen molar-refractivity contribution in [1.82, 2.24) is 0 Å². The molecule has 0 heterocycles. The van der Waals surface area contributed by atoms with E-state index in [4.69, 9.17) is 24.8 Å². The van der Waals surface area contributed by atoms with Crippen molar-refractivity contribution in [3.63, 3.8) is 0 Å². The molecular weight excluding hydrogens is 661 g/mol. The van der Waals surface area contributed by atoms with E-state index in [2.05, 4.69) is 42.7 Å². The van der Waals surface area contributed by atoms with E-state index in [1.165, 1.54) is 64.2 Å². The molecule has 0 saturated heterocycles. The molecule has 0 spiro atoms. The number of ether oxygens (including phenoxy) is 2. The van der Waals surface area contributed by atoms with Crippen LogP contribution in [0.3, 0.4) is 0 Å². The second kappa shape index (κ2) is 34.1. The lowest BCUT2D eigenvalue weighted by Gasteiger charge is -2.20. The molecular formula is C38H70NO10P. The Hall–Kier alpha value is -2.04. The van der Waals surface area contributed by atoms with Gasteiger partial charge in [-0.05, 0) is 44.9 Å². The summed E-state index contributed by atoms with van der Waals surface area (Å²) >= 11 is 0. The van der Waals surface area contributed by atoms with Gasteiger partial charge in [-0.3, -0.25) is 23.4 Å². The molecule has 0 saturated carbocycles. The third-order valence-electron chi connectivity index (χ3n) is 8.20. The lowest BCUT2D eigenvalue weighted by Crippen LogP contribution is -2.34. The predicted octanol–water partition coefficient (Wildman–Crippen LogP) is 9.50. The average Bonchev–Trinajstić information content (AvgIpc) is 3.09. The van der Waals surface area contributed by atoms with E-state index in [1.807, 2.05) is 0 Å². The first kappa shape index (κ1) is 48.0. The Morgan fingerprint density at radius 1 is 0.620 bits per heavy atom. The molecule has 292 valence electrons. The van der Waals surface area contributed by atoms with Gasteiger partial charge in [-0.2, -0.15) is 0 Å². The standard InChI is InChI=1S/C38H70NO10P/c1-3-5-7-9-11-13-15-16-17-18-20-21-23-25-27-29-36(40)46-31-34(32-47-50(44,45)48-33-35(39)38(42)43)49-37(41)30-28-26-24-22-19-14-12-10-8-6-4-2/h11,13,16-17,34-35H,3-10,12,14-15,18-33,39H2,1-2H3,(H,42,43)(H,44,45)/b13-11-,17-16-/t34-,35+/m1/s1. The highest BCUT2D eigenvalue weighted by atomic mass is 31.2. The molecule has 0 aliphatic heterocycles. The summed E-state index contributed by atoms with van der Waals surface area (Å²) in [5.41, 5.74) is 5.31. The van der Waals surface area contributed by atoms with Crippen molar-refractivity contribution < 1.29 is 47.5 Å². The van der Waals surface area contributed by atoms with Crippen LogP contribution in [0.2, 0.25) is 0 Å². The van der Waals surface area contributed by atoms with Crippen molar-refractivity contribution in [1.29, 1.82) is 0 Å². The van der Waals surface area contributed by atoms with E-state index in [-0.39, 0.29) is 19.4 Å². The van der Waals surface area contributed by atoms with Gasteiger partial charge in [0.1, 0.15) is 12.6 Å². The largest absolute Gasteiger partial charge is 0.480 e. The summed E-state index contributed by atoms with van der Waals surface area (Å²) in [4.78, 5) is 45.7. The maximum Gasteiger partial charge on any atom is 0.472 e. The first-order valence-electron chi connectivity index (χ1n) is 19.4. The first-order chi connectivity index (χ1) is 24.1. The van der Waals surface area contributed by atoms with Gasteiger partial charge in [0, 0.05) is 12.8 Å². The van der Waals surface area contributed by atoms with Crippen LogP contribution in [0.4, 0.5) is 0 Å². The van der Waals surface area contributed by atoms with Gasteiger partial charge in [0.05, 0.1) is 13.2 Å². The summed E-state index contributed by atoms with van der Waals surface area (Å²) in [5, 5.41) is 8.85. The summed E-state index contributed by atoms with van der Waals surface area (Å²) in [6.45, 7) is 2.74. The van der Waals surface area contributed by atoms with Crippen LogP contribution < -0.4 is 5.73 Å². The molecule has 0 aromatic carbocycles. The van der Waals surface area contributed by atoms with E-state index in [0.29, 0.717) is 12.8 Å². The van der Waals surface area contributed by atoms with Gasteiger partial charge in [0.25, 0.3) is 0 Å². The summed E-state index contributed by atoms with van der Waals surface area (Å²) < 4.78 is 32.5. The van der Waals surface area contributed by atoms with Crippen LogP contribution in [0.15, 0.2) is 24.3 Å². The Kier molecular flexibility index (Phi) is 32.7. The Labute approximate surface area is 302 Å². The summed E-state index contributed by atoms with van der Waals surface area (Å²) in [7, 11) is -4.71. The maximum atomic E-state index is 12.5. The van der Waals surface area contributed by atoms with Gasteiger partial charge in [0.15, 0.2) is 6.10 Å². The zero-order valence-corrected chi connectivity index (χ0v) is 32.1. The van der Waals surface area contributed by atoms with Crippen LogP contribution in [0, 0.1) is 0 Å². The molecule has 0 aliphatic carbocycles. The fraction of sp³-hybridized carbons (Fsp3) is 0.816. The zero-order chi connectivity index (χ0) is 37.1. The Morgan fingerprint density at radius 2 is 1.06 bits per heavy atom. The molecule has 0 aromatic heterocycles. The molecule has 12 heteroatoms. The lowest BCUT2D eigenvalue weighted by atomic mass is 10.1. The number of aliphatic carboxylic acids is 1. The molecule has 0 radical (unpaired) electrons. The molecule has 0 amide bonds. The van der Waals surface area contributed by atoms with Crippen molar-refractivity contribution in [2.75, 3.05) is 19.8 Å². The fourth-order valence-corrected chi connectivity index (χ4v) is 5.87. The number of carbonyl (C=O) groups is 3. The molecule has 0 rings (SSSR count). The van der Waals surface area contributed by atoms with Crippen molar-refractivity contribution >= 4 is 25.7 Å². The number of rotatable bonds is 36. The SMILES string of the molecule is CCCCC/C=C\C/C=C\CCCCCCCC(=O)OC[C@H](COP(=O)(O)OC[C@H](N)C(=O)O)OC(=O)CCCCCCCCCCCCC. The monoisotopic (exact) mass is 731 g/mol. The number of carbonyl (C=O) groups excluding carboxylic acids is 2. The van der Waals surface area contributed by atoms with Gasteiger partial charge >= 0.3 is 25.7 Å². The fourth-order valence-electron chi connectivity index (χ4n) is 5.09. The van der Waals surface area contributed by atoms with Gasteiger partial charge in [-0.15, -0.1) is 0 Å². The number of phosphoric acid groups is 1. The van der Waals surface area contributed by atoms with E-state index in [9.17, 15) is 23.8 Å². The number of allylic oxidation sites excluding steroid dienone is 4. The molecule has 1 unspecified atom stereocenters. The molecule has 3 atom stereocenters. The van der Waals surface area contributed by atoms with Crippen LogP contribution in [0.25, 0.3) is 0 Å². The highest BCUT2D eigenvalue weighted by Crippen LogP contribution is 2.43. The highest BCUT2D eigenvalue weighted by Gasteiger charge is 2.28. The van der Waals surface area contributed by atoms with Crippen LogP contribution in [0.5, 0.6) is 0 Å². The number of nitrogens with two attached hydrogens (primary N) is 1. The second-order valence-corrected chi connectivity index (χ2v) is 14.5. The highest BCUT2D eigenvalue weighted by molar-refractivity contribution is 7.47. The van der Waals surface area contributed by atoms with Gasteiger partial charge in [-0.1, -0.05) is 134 Å². The number of hydrogen-bond donors (Lipinski definition) is 3. The molecule has 11 nitrogen and oxygen atoms in total. The number of hydrogen-bond acceptors (Lipinski definition) is 9. The Morgan fingerprint density at radius 3 is 1.60 bits per heavy atom. The quantitative estimate of drug-likeness (QED) is 0.0242. The first-order valence-corrected chi connectivity index (χ1v) is 20.9. The molecule has 4 N–H and O–H groups in total. The van der Waals surface area contributed by atoms with Crippen LogP contribution in [0.1, 0.15) is 168 Å². The minimum absolute atomic E-state index is 0.161. The van der Waals surface area contributed by atoms with Crippen molar-refractivity contribution in [3.05, 3.63) is 24.3 Å². The molecule has 0 aromatic rings. The third-order valence-corrected chi connectivity index (χ3v) is 9.15. The van der Waals surface area contributed by atoms with Crippen molar-refractivity contribution in [2.24, 2.45) is 5.73 Å². The normalized spacial score (nSPS) is 14.2. The van der Waals surface area contributed by atoms with Crippen molar-refractivity contribution in [2.45, 2.75) is 180 Å². The number of unbranched alkanes of at least 4 members (excludes halogenated alkanes) is 18. The smallest absolute Gasteiger partial charge is 0.472 e. The third kappa shape index (κ3) is 33.1. The molecule has 0 bridgehead atoms. The number of esters is 2.